The van der Waals surface area contributed by atoms with E-state index in [0.29, 0.717) is 42.0 Å². The van der Waals surface area contributed by atoms with Crippen LogP contribution in [0.15, 0.2) is 65.3 Å². The summed E-state index contributed by atoms with van der Waals surface area (Å²) in [5.41, 5.74) is 2.05. The molecule has 1 heterocycles. The molecular weight excluding hydrogens is 633 g/mol. The van der Waals surface area contributed by atoms with E-state index in [9.17, 15) is 24.3 Å². The standard InChI is InChI=1S/C33H32INO6/c1-5-41-26-14-18(6-13-25(26)36)28-21-11-12-22-27(32(40)35(31(22)39)20-9-7-19(34)8-10-20)23(21)15-24-29(37)16(2)17(3)30(38)33(24,28)4/h6-11,13-14,22-24,27-28,36H,5,12,15H2,1-4H3/t22-,23+,24-,27-,28-,33+/m0/s1. The topological polar surface area (TPSA) is 101 Å². The molecule has 6 rings (SSSR count). The summed E-state index contributed by atoms with van der Waals surface area (Å²) in [5.74, 6) is -3.03. The molecular formula is C33H32INO6. The average Bonchev–Trinajstić information content (AvgIpc) is 3.21. The quantitative estimate of drug-likeness (QED) is 0.254. The number of carbonyl (C=O) groups excluding carboxylic acids is 4. The highest BCUT2D eigenvalue weighted by molar-refractivity contribution is 14.1. The second-order valence-corrected chi connectivity index (χ2v) is 13.0. The highest BCUT2D eigenvalue weighted by atomic mass is 127. The highest BCUT2D eigenvalue weighted by Gasteiger charge is 2.64. The number of halogens is 1. The summed E-state index contributed by atoms with van der Waals surface area (Å²) >= 11 is 2.19. The molecule has 2 aromatic rings. The Morgan fingerprint density at radius 1 is 1.00 bits per heavy atom. The number of anilines is 1. The van der Waals surface area contributed by atoms with Crippen molar-refractivity contribution in [2.24, 2.45) is 29.1 Å². The third-order valence-electron chi connectivity index (χ3n) is 9.87. The summed E-state index contributed by atoms with van der Waals surface area (Å²) in [6, 6.07) is 12.4. The lowest BCUT2D eigenvalue weighted by Gasteiger charge is -2.54. The van der Waals surface area contributed by atoms with Gasteiger partial charge in [0, 0.05) is 15.4 Å². The molecule has 1 saturated heterocycles. The Labute approximate surface area is 252 Å². The number of amides is 2. The van der Waals surface area contributed by atoms with Crippen LogP contribution in [0.3, 0.4) is 0 Å². The van der Waals surface area contributed by atoms with E-state index in [-0.39, 0.29) is 35.0 Å². The molecule has 4 aliphatic rings. The Morgan fingerprint density at radius 2 is 1.71 bits per heavy atom. The van der Waals surface area contributed by atoms with Crippen LogP contribution in [0.5, 0.6) is 11.5 Å². The molecule has 41 heavy (non-hydrogen) atoms. The van der Waals surface area contributed by atoms with Gasteiger partial charge in [0.15, 0.2) is 23.1 Å². The molecule has 0 aromatic heterocycles. The van der Waals surface area contributed by atoms with Crippen molar-refractivity contribution < 1.29 is 29.0 Å². The van der Waals surface area contributed by atoms with E-state index in [4.69, 9.17) is 4.74 Å². The molecule has 2 fully saturated rings. The van der Waals surface area contributed by atoms with E-state index >= 15 is 0 Å². The van der Waals surface area contributed by atoms with E-state index < -0.39 is 29.1 Å². The van der Waals surface area contributed by atoms with Crippen LogP contribution in [0.2, 0.25) is 0 Å². The van der Waals surface area contributed by atoms with Gasteiger partial charge in [-0.25, -0.2) is 0 Å². The monoisotopic (exact) mass is 665 g/mol. The molecule has 7 nitrogen and oxygen atoms in total. The minimum absolute atomic E-state index is 0.00921. The highest BCUT2D eigenvalue weighted by Crippen LogP contribution is 2.63. The van der Waals surface area contributed by atoms with Crippen molar-refractivity contribution in [3.05, 3.63) is 74.4 Å². The lowest BCUT2D eigenvalue weighted by Crippen LogP contribution is -2.55. The van der Waals surface area contributed by atoms with Gasteiger partial charge in [0.1, 0.15) is 0 Å². The number of aromatic hydroxyl groups is 1. The fraction of sp³-hybridized carbons (Fsp3) is 0.394. The first kappa shape index (κ1) is 27.9. The van der Waals surface area contributed by atoms with Crippen molar-refractivity contribution in [1.82, 2.24) is 0 Å². The fourth-order valence-corrected chi connectivity index (χ4v) is 8.15. The molecule has 1 saturated carbocycles. The molecule has 0 bridgehead atoms. The Kier molecular flexibility index (Phi) is 6.75. The summed E-state index contributed by atoms with van der Waals surface area (Å²) < 4.78 is 6.70. The van der Waals surface area contributed by atoms with Gasteiger partial charge in [-0.1, -0.05) is 24.6 Å². The molecule has 0 unspecified atom stereocenters. The first-order valence-electron chi connectivity index (χ1n) is 14.1. The van der Waals surface area contributed by atoms with E-state index in [0.717, 1.165) is 14.7 Å². The van der Waals surface area contributed by atoms with Crippen molar-refractivity contribution in [3.8, 4) is 11.5 Å². The summed E-state index contributed by atoms with van der Waals surface area (Å²) in [6.07, 6.45) is 2.74. The number of benzene rings is 2. The number of imide groups is 1. The van der Waals surface area contributed by atoms with E-state index in [1.54, 1.807) is 44.2 Å². The van der Waals surface area contributed by atoms with Crippen molar-refractivity contribution in [1.29, 1.82) is 0 Å². The number of hydrogen-bond donors (Lipinski definition) is 1. The summed E-state index contributed by atoms with van der Waals surface area (Å²) in [7, 11) is 0. The SMILES string of the molecule is CCOc1cc([C@H]2C3=CC[C@@H]4C(=O)N(c5ccc(I)cc5)C(=O)[C@@H]4[C@@H]3C[C@H]3C(=O)C(C)=C(C)C(=O)[C@@]23C)ccc1O. The maximum Gasteiger partial charge on any atom is 0.238 e. The minimum atomic E-state index is -1.09. The number of rotatable bonds is 4. The zero-order chi connectivity index (χ0) is 29.4. The number of ether oxygens (including phenoxy) is 1. The maximum atomic E-state index is 14.1. The van der Waals surface area contributed by atoms with Gasteiger partial charge in [-0.3, -0.25) is 24.1 Å². The van der Waals surface area contributed by atoms with Crippen molar-refractivity contribution >= 4 is 51.7 Å². The number of phenolic OH excluding ortho intramolecular Hbond substituents is 1. The number of nitrogens with zero attached hydrogens (tertiary/aromatic N) is 1. The molecule has 1 aliphatic heterocycles. The molecule has 2 aromatic carbocycles. The van der Waals surface area contributed by atoms with Crippen LogP contribution in [-0.2, 0) is 19.2 Å². The van der Waals surface area contributed by atoms with Crippen molar-refractivity contribution in [2.75, 3.05) is 11.5 Å². The van der Waals surface area contributed by atoms with E-state index in [1.807, 2.05) is 32.1 Å². The number of allylic oxidation sites excluding steroid dienone is 4. The Balaban J connectivity index is 1.51. The third-order valence-corrected chi connectivity index (χ3v) is 10.6. The van der Waals surface area contributed by atoms with Gasteiger partial charge in [-0.2, -0.15) is 0 Å². The van der Waals surface area contributed by atoms with Gasteiger partial charge in [0.25, 0.3) is 0 Å². The van der Waals surface area contributed by atoms with Gasteiger partial charge in [0.2, 0.25) is 11.8 Å². The van der Waals surface area contributed by atoms with Crippen LogP contribution in [0.4, 0.5) is 5.69 Å². The zero-order valence-electron chi connectivity index (χ0n) is 23.4. The van der Waals surface area contributed by atoms with Crippen LogP contribution in [0.1, 0.15) is 52.0 Å². The molecule has 212 valence electrons. The largest absolute Gasteiger partial charge is 0.504 e. The summed E-state index contributed by atoms with van der Waals surface area (Å²) in [5, 5.41) is 10.4. The Morgan fingerprint density at radius 3 is 2.39 bits per heavy atom. The van der Waals surface area contributed by atoms with E-state index in [2.05, 4.69) is 22.6 Å². The Hall–Kier alpha value is -3.27. The van der Waals surface area contributed by atoms with Crippen LogP contribution < -0.4 is 9.64 Å². The van der Waals surface area contributed by atoms with Crippen LogP contribution in [-0.4, -0.2) is 35.1 Å². The molecule has 6 atom stereocenters. The number of carbonyl (C=O) groups is 4. The first-order valence-corrected chi connectivity index (χ1v) is 15.1. The Bertz CT molecular complexity index is 1570. The lowest BCUT2D eigenvalue weighted by atomic mass is 9.46. The zero-order valence-corrected chi connectivity index (χ0v) is 25.6. The number of fused-ring (bicyclic) bond motifs is 4. The predicted molar refractivity (Wildman–Crippen MR) is 161 cm³/mol. The summed E-state index contributed by atoms with van der Waals surface area (Å²) in [4.78, 5) is 57.1. The van der Waals surface area contributed by atoms with Gasteiger partial charge in [-0.05, 0) is 115 Å². The van der Waals surface area contributed by atoms with E-state index in [1.165, 1.54) is 4.90 Å². The van der Waals surface area contributed by atoms with Gasteiger partial charge in [0.05, 0.1) is 29.5 Å². The molecule has 3 aliphatic carbocycles. The van der Waals surface area contributed by atoms with Gasteiger partial charge >= 0.3 is 0 Å². The normalized spacial score (nSPS) is 31.1. The fourth-order valence-electron chi connectivity index (χ4n) is 7.79. The predicted octanol–water partition coefficient (Wildman–Crippen LogP) is 5.75. The second kappa shape index (κ2) is 9.93. The van der Waals surface area contributed by atoms with Crippen molar-refractivity contribution in [3.63, 3.8) is 0 Å². The number of ketones is 2. The van der Waals surface area contributed by atoms with Gasteiger partial charge in [-0.15, -0.1) is 0 Å². The first-order chi connectivity index (χ1) is 19.5. The second-order valence-electron chi connectivity index (χ2n) is 11.8. The smallest absolute Gasteiger partial charge is 0.238 e. The molecule has 0 radical (unpaired) electrons. The third kappa shape index (κ3) is 3.96. The van der Waals surface area contributed by atoms with Crippen LogP contribution in [0, 0.1) is 32.7 Å². The van der Waals surface area contributed by atoms with Crippen molar-refractivity contribution in [2.45, 2.75) is 46.5 Å². The van der Waals surface area contributed by atoms with Gasteiger partial charge < -0.3 is 9.84 Å². The minimum Gasteiger partial charge on any atom is -0.504 e. The molecule has 1 N–H and O–H groups in total. The molecule has 8 heteroatoms. The van der Waals surface area contributed by atoms with Crippen LogP contribution >= 0.6 is 22.6 Å². The summed E-state index contributed by atoms with van der Waals surface area (Å²) in [6.45, 7) is 7.46. The number of phenols is 1. The number of hydrogen-bond acceptors (Lipinski definition) is 6. The average molecular weight is 666 g/mol. The number of Topliss-reactive ketones (excluding diaryl/α,β-unsaturated/α-hetero) is 2. The molecule has 2 amide bonds. The van der Waals surface area contributed by atoms with Crippen LogP contribution in [0.25, 0.3) is 0 Å². The lowest BCUT2D eigenvalue weighted by molar-refractivity contribution is -0.142. The molecule has 0 spiro atoms. The maximum absolute atomic E-state index is 14.1.